The summed E-state index contributed by atoms with van der Waals surface area (Å²) in [5, 5.41) is 3.04. The van der Waals surface area contributed by atoms with E-state index in [2.05, 4.69) is 31.3 Å². The van der Waals surface area contributed by atoms with Gasteiger partial charge < -0.3 is 5.32 Å². The van der Waals surface area contributed by atoms with Gasteiger partial charge in [0.15, 0.2) is 0 Å². The maximum atomic E-state index is 12.1. The normalized spacial score (nSPS) is 11.8. The highest BCUT2D eigenvalue weighted by molar-refractivity contribution is 5.94. The van der Waals surface area contributed by atoms with Crippen molar-refractivity contribution in [3.05, 3.63) is 41.5 Å². The van der Waals surface area contributed by atoms with E-state index in [9.17, 15) is 4.79 Å². The third kappa shape index (κ3) is 5.29. The summed E-state index contributed by atoms with van der Waals surface area (Å²) in [5.74, 6) is -0.00376. The molecular weight excluding hydrogens is 234 g/mol. The van der Waals surface area contributed by atoms with Gasteiger partial charge in [-0.1, -0.05) is 44.6 Å². The third-order valence-electron chi connectivity index (χ3n) is 3.27. The van der Waals surface area contributed by atoms with E-state index in [1.54, 1.807) is 0 Å². The van der Waals surface area contributed by atoms with Crippen LogP contribution in [0.4, 0.5) is 0 Å². The second-order valence-corrected chi connectivity index (χ2v) is 5.50. The number of nitrogens with one attached hydrogen (secondary N) is 1. The lowest BCUT2D eigenvalue weighted by molar-refractivity contribution is 0.0911. The standard InChI is InChI=1S/C17H25NO/c1-5-7-8-9-14-10-12-15(13-11-14)16(19)18-17(3,4)6-2/h8-13H,5-7H2,1-4H3,(H,18,19)/b9-8+. The molecule has 0 radical (unpaired) electrons. The Morgan fingerprint density at radius 3 is 2.37 bits per heavy atom. The Labute approximate surface area is 116 Å². The first-order valence-electron chi connectivity index (χ1n) is 7.07. The summed E-state index contributed by atoms with van der Waals surface area (Å²) in [7, 11) is 0. The Hall–Kier alpha value is -1.57. The Bertz CT molecular complexity index is 429. The van der Waals surface area contributed by atoms with Crippen molar-refractivity contribution in [2.45, 2.75) is 52.5 Å². The van der Waals surface area contributed by atoms with E-state index in [-0.39, 0.29) is 11.4 Å². The van der Waals surface area contributed by atoms with Crippen LogP contribution >= 0.6 is 0 Å². The van der Waals surface area contributed by atoms with E-state index in [1.807, 2.05) is 38.1 Å². The van der Waals surface area contributed by atoms with Crippen LogP contribution in [0.2, 0.25) is 0 Å². The molecule has 0 heterocycles. The molecule has 1 N–H and O–H groups in total. The zero-order valence-electron chi connectivity index (χ0n) is 12.5. The average molecular weight is 259 g/mol. The molecule has 0 aliphatic carbocycles. The summed E-state index contributed by atoms with van der Waals surface area (Å²) in [6.07, 6.45) is 7.42. The fourth-order valence-electron chi connectivity index (χ4n) is 1.60. The van der Waals surface area contributed by atoms with E-state index < -0.39 is 0 Å². The third-order valence-corrected chi connectivity index (χ3v) is 3.27. The van der Waals surface area contributed by atoms with Gasteiger partial charge in [0.05, 0.1) is 0 Å². The van der Waals surface area contributed by atoms with Crippen LogP contribution in [0.1, 0.15) is 62.9 Å². The van der Waals surface area contributed by atoms with Crippen molar-refractivity contribution < 1.29 is 4.79 Å². The maximum absolute atomic E-state index is 12.1. The number of rotatable bonds is 6. The lowest BCUT2D eigenvalue weighted by Gasteiger charge is -2.24. The molecule has 0 unspecified atom stereocenters. The molecule has 1 amide bonds. The molecule has 0 aromatic heterocycles. The number of unbranched alkanes of at least 4 members (excludes halogenated alkanes) is 1. The molecule has 0 aliphatic heterocycles. The number of allylic oxidation sites excluding steroid dienone is 1. The second-order valence-electron chi connectivity index (χ2n) is 5.50. The van der Waals surface area contributed by atoms with Gasteiger partial charge in [0, 0.05) is 11.1 Å². The number of hydrogen-bond donors (Lipinski definition) is 1. The predicted octanol–water partition coefficient (Wildman–Crippen LogP) is 4.42. The Kier molecular flexibility index (Phi) is 5.81. The van der Waals surface area contributed by atoms with Crippen molar-refractivity contribution in [3.8, 4) is 0 Å². The Balaban J connectivity index is 2.68. The minimum Gasteiger partial charge on any atom is -0.347 e. The molecule has 104 valence electrons. The van der Waals surface area contributed by atoms with Crippen LogP contribution in [-0.2, 0) is 0 Å². The van der Waals surface area contributed by atoms with Crippen molar-refractivity contribution in [3.63, 3.8) is 0 Å². The fourth-order valence-corrected chi connectivity index (χ4v) is 1.60. The van der Waals surface area contributed by atoms with E-state index in [4.69, 9.17) is 0 Å². The summed E-state index contributed by atoms with van der Waals surface area (Å²) < 4.78 is 0. The zero-order valence-corrected chi connectivity index (χ0v) is 12.5. The summed E-state index contributed by atoms with van der Waals surface area (Å²) in [6.45, 7) is 8.30. The molecule has 0 bridgehead atoms. The first kappa shape index (κ1) is 15.5. The smallest absolute Gasteiger partial charge is 0.251 e. The fraction of sp³-hybridized carbons (Fsp3) is 0.471. The summed E-state index contributed by atoms with van der Waals surface area (Å²) in [4.78, 5) is 12.1. The number of amides is 1. The van der Waals surface area contributed by atoms with Gasteiger partial charge in [0.25, 0.3) is 5.91 Å². The van der Waals surface area contributed by atoms with Crippen molar-refractivity contribution in [1.82, 2.24) is 5.32 Å². The van der Waals surface area contributed by atoms with E-state index in [0.717, 1.165) is 24.8 Å². The van der Waals surface area contributed by atoms with Gasteiger partial charge in [0.1, 0.15) is 0 Å². The van der Waals surface area contributed by atoms with E-state index >= 15 is 0 Å². The molecular formula is C17H25NO. The summed E-state index contributed by atoms with van der Waals surface area (Å²) in [6, 6.07) is 7.74. The maximum Gasteiger partial charge on any atom is 0.251 e. The monoisotopic (exact) mass is 259 g/mol. The molecule has 1 aromatic carbocycles. The van der Waals surface area contributed by atoms with Crippen LogP contribution in [0.25, 0.3) is 6.08 Å². The van der Waals surface area contributed by atoms with Crippen molar-refractivity contribution >= 4 is 12.0 Å². The molecule has 0 spiro atoms. The van der Waals surface area contributed by atoms with Crippen molar-refractivity contribution in [2.75, 3.05) is 0 Å². The minimum atomic E-state index is -0.156. The van der Waals surface area contributed by atoms with E-state index in [0.29, 0.717) is 5.56 Å². The van der Waals surface area contributed by atoms with Crippen LogP contribution in [0.5, 0.6) is 0 Å². The highest BCUT2D eigenvalue weighted by Crippen LogP contribution is 2.11. The highest BCUT2D eigenvalue weighted by Gasteiger charge is 2.18. The molecule has 0 saturated heterocycles. The summed E-state index contributed by atoms with van der Waals surface area (Å²) >= 11 is 0. The number of hydrogen-bond acceptors (Lipinski definition) is 1. The Morgan fingerprint density at radius 1 is 1.21 bits per heavy atom. The van der Waals surface area contributed by atoms with E-state index in [1.165, 1.54) is 0 Å². The molecule has 1 rings (SSSR count). The van der Waals surface area contributed by atoms with Crippen LogP contribution in [0, 0.1) is 0 Å². The first-order chi connectivity index (χ1) is 8.98. The van der Waals surface area contributed by atoms with Crippen LogP contribution in [0.15, 0.2) is 30.3 Å². The zero-order chi connectivity index (χ0) is 14.3. The predicted molar refractivity (Wildman–Crippen MR) is 82.2 cm³/mol. The lowest BCUT2D eigenvalue weighted by Crippen LogP contribution is -2.42. The van der Waals surface area contributed by atoms with Crippen LogP contribution in [-0.4, -0.2) is 11.4 Å². The molecule has 2 nitrogen and oxygen atoms in total. The second kappa shape index (κ2) is 7.13. The van der Waals surface area contributed by atoms with Gasteiger partial charge in [-0.2, -0.15) is 0 Å². The van der Waals surface area contributed by atoms with Gasteiger partial charge in [-0.15, -0.1) is 0 Å². The lowest BCUT2D eigenvalue weighted by atomic mass is 10.0. The minimum absolute atomic E-state index is 0.00376. The van der Waals surface area contributed by atoms with Gasteiger partial charge in [-0.3, -0.25) is 4.79 Å². The van der Waals surface area contributed by atoms with Gasteiger partial charge in [0.2, 0.25) is 0 Å². The molecule has 19 heavy (non-hydrogen) atoms. The van der Waals surface area contributed by atoms with Crippen LogP contribution in [0.3, 0.4) is 0 Å². The molecule has 0 fully saturated rings. The van der Waals surface area contributed by atoms with Crippen molar-refractivity contribution in [1.29, 1.82) is 0 Å². The SMILES string of the molecule is CCC/C=C/c1ccc(C(=O)NC(C)(C)CC)cc1. The molecule has 2 heteroatoms. The Morgan fingerprint density at radius 2 is 1.84 bits per heavy atom. The number of carbonyl (C=O) groups excluding carboxylic acids is 1. The molecule has 1 aromatic rings. The molecule has 0 atom stereocenters. The average Bonchev–Trinajstić information content (AvgIpc) is 2.39. The topological polar surface area (TPSA) is 29.1 Å². The largest absolute Gasteiger partial charge is 0.347 e. The van der Waals surface area contributed by atoms with Gasteiger partial charge >= 0.3 is 0 Å². The van der Waals surface area contributed by atoms with Crippen LogP contribution < -0.4 is 5.32 Å². The van der Waals surface area contributed by atoms with Gasteiger partial charge in [-0.05, 0) is 44.4 Å². The first-order valence-corrected chi connectivity index (χ1v) is 7.07. The number of carbonyl (C=O) groups is 1. The molecule has 0 saturated carbocycles. The van der Waals surface area contributed by atoms with Crippen molar-refractivity contribution in [2.24, 2.45) is 0 Å². The summed E-state index contributed by atoms with van der Waals surface area (Å²) in [5.41, 5.74) is 1.70. The van der Waals surface area contributed by atoms with Gasteiger partial charge in [-0.25, -0.2) is 0 Å². The number of benzene rings is 1. The molecule has 0 aliphatic rings. The quantitative estimate of drug-likeness (QED) is 0.805. The highest BCUT2D eigenvalue weighted by atomic mass is 16.1.